The molecular weight excluding hydrogens is 184 g/mol. The van der Waals surface area contributed by atoms with Gasteiger partial charge in [0.15, 0.2) is 0 Å². The van der Waals surface area contributed by atoms with Crippen molar-refractivity contribution in [1.82, 2.24) is 10.2 Å². The van der Waals surface area contributed by atoms with Crippen LogP contribution in [0.2, 0.25) is 0 Å². The van der Waals surface area contributed by atoms with Crippen LogP contribution >= 0.6 is 0 Å². The lowest BCUT2D eigenvalue weighted by molar-refractivity contribution is -0.140. The molecule has 1 saturated heterocycles. The van der Waals surface area contributed by atoms with Gasteiger partial charge in [-0.05, 0) is 6.92 Å². The molecule has 0 unspecified atom stereocenters. The van der Waals surface area contributed by atoms with Crippen molar-refractivity contribution in [1.29, 1.82) is 0 Å². The summed E-state index contributed by atoms with van der Waals surface area (Å²) in [5, 5.41) is 11.7. The van der Waals surface area contributed by atoms with Gasteiger partial charge in [0, 0.05) is 32.1 Å². The van der Waals surface area contributed by atoms with Crippen LogP contribution in [0.3, 0.4) is 0 Å². The maximum atomic E-state index is 11.2. The van der Waals surface area contributed by atoms with E-state index in [0.29, 0.717) is 13.1 Å². The van der Waals surface area contributed by atoms with Gasteiger partial charge in [0.05, 0.1) is 6.42 Å². The molecule has 5 heteroatoms. The lowest BCUT2D eigenvalue weighted by Crippen LogP contribution is -2.57. The molecule has 2 atom stereocenters. The third kappa shape index (κ3) is 2.70. The average Bonchev–Trinajstić information content (AvgIpc) is 2.07. The van der Waals surface area contributed by atoms with Crippen LogP contribution in [0, 0.1) is 0 Å². The second-order valence-electron chi connectivity index (χ2n) is 3.72. The predicted molar refractivity (Wildman–Crippen MR) is 50.9 cm³/mol. The molecule has 0 saturated carbocycles. The monoisotopic (exact) mass is 200 g/mol. The minimum absolute atomic E-state index is 0.00869. The number of carboxylic acid groups (broad SMARTS) is 1. The Bertz CT molecular complexity index is 242. The molecule has 0 aromatic rings. The van der Waals surface area contributed by atoms with Crippen LogP contribution < -0.4 is 5.32 Å². The predicted octanol–water partition coefficient (Wildman–Crippen LogP) is -0.330. The summed E-state index contributed by atoms with van der Waals surface area (Å²) < 4.78 is 0. The normalized spacial score (nSPS) is 27.4. The fourth-order valence-corrected chi connectivity index (χ4v) is 1.72. The summed E-state index contributed by atoms with van der Waals surface area (Å²) in [5.74, 6) is -0.824. The highest BCUT2D eigenvalue weighted by molar-refractivity contribution is 5.74. The van der Waals surface area contributed by atoms with Crippen LogP contribution in [-0.2, 0) is 9.59 Å². The van der Waals surface area contributed by atoms with Gasteiger partial charge >= 0.3 is 5.97 Å². The second kappa shape index (κ2) is 4.41. The fraction of sp³-hybridized carbons (Fsp3) is 0.778. The number of rotatable bonds is 2. The number of piperazine rings is 1. The minimum Gasteiger partial charge on any atom is -0.481 e. The first-order valence-corrected chi connectivity index (χ1v) is 4.73. The Kier molecular flexibility index (Phi) is 3.46. The van der Waals surface area contributed by atoms with Gasteiger partial charge in [-0.1, -0.05) is 0 Å². The van der Waals surface area contributed by atoms with Crippen molar-refractivity contribution in [3.63, 3.8) is 0 Å². The number of aliphatic carboxylic acids is 1. The van der Waals surface area contributed by atoms with Crippen molar-refractivity contribution in [3.8, 4) is 0 Å². The Morgan fingerprint density at radius 2 is 2.21 bits per heavy atom. The third-order valence-corrected chi connectivity index (χ3v) is 2.48. The number of hydrogen-bond donors (Lipinski definition) is 2. The Labute approximate surface area is 83.1 Å². The molecule has 0 bridgehead atoms. The number of hydrogen-bond acceptors (Lipinski definition) is 3. The molecule has 1 heterocycles. The number of carbonyl (C=O) groups excluding carboxylic acids is 1. The van der Waals surface area contributed by atoms with Crippen LogP contribution in [0.4, 0.5) is 0 Å². The smallest absolute Gasteiger partial charge is 0.304 e. The fourth-order valence-electron chi connectivity index (χ4n) is 1.72. The van der Waals surface area contributed by atoms with Crippen molar-refractivity contribution < 1.29 is 14.7 Å². The molecule has 14 heavy (non-hydrogen) atoms. The number of carbonyl (C=O) groups is 2. The second-order valence-corrected chi connectivity index (χ2v) is 3.72. The van der Waals surface area contributed by atoms with E-state index in [9.17, 15) is 9.59 Å². The highest BCUT2D eigenvalue weighted by Gasteiger charge is 2.27. The largest absolute Gasteiger partial charge is 0.481 e. The van der Waals surface area contributed by atoms with E-state index < -0.39 is 5.97 Å². The molecule has 0 spiro atoms. The van der Waals surface area contributed by atoms with Crippen molar-refractivity contribution in [3.05, 3.63) is 0 Å². The first-order valence-electron chi connectivity index (χ1n) is 4.73. The van der Waals surface area contributed by atoms with Gasteiger partial charge in [0.25, 0.3) is 0 Å². The summed E-state index contributed by atoms with van der Waals surface area (Å²) in [5.41, 5.74) is 0. The van der Waals surface area contributed by atoms with E-state index in [1.165, 1.54) is 6.92 Å². The molecule has 1 aliphatic heterocycles. The number of carboxylic acids is 1. The average molecular weight is 200 g/mol. The van der Waals surface area contributed by atoms with Gasteiger partial charge < -0.3 is 15.3 Å². The summed E-state index contributed by atoms with van der Waals surface area (Å²) in [6, 6.07) is 0.0325. The van der Waals surface area contributed by atoms with Gasteiger partial charge in [0.1, 0.15) is 0 Å². The van der Waals surface area contributed by atoms with Gasteiger partial charge in [-0.2, -0.15) is 0 Å². The van der Waals surface area contributed by atoms with Gasteiger partial charge in [-0.25, -0.2) is 0 Å². The van der Waals surface area contributed by atoms with Gasteiger partial charge in [0.2, 0.25) is 5.91 Å². The molecule has 0 aromatic heterocycles. The quantitative estimate of drug-likeness (QED) is 0.640. The van der Waals surface area contributed by atoms with Gasteiger partial charge in [-0.15, -0.1) is 0 Å². The third-order valence-electron chi connectivity index (χ3n) is 2.48. The molecule has 5 nitrogen and oxygen atoms in total. The van der Waals surface area contributed by atoms with E-state index in [-0.39, 0.29) is 24.4 Å². The van der Waals surface area contributed by atoms with E-state index >= 15 is 0 Å². The highest BCUT2D eigenvalue weighted by atomic mass is 16.4. The Morgan fingerprint density at radius 3 is 2.71 bits per heavy atom. The van der Waals surface area contributed by atoms with Crippen molar-refractivity contribution in [2.45, 2.75) is 32.4 Å². The van der Waals surface area contributed by atoms with Gasteiger partial charge in [-0.3, -0.25) is 9.59 Å². The first kappa shape index (κ1) is 11.0. The molecule has 0 aromatic carbocycles. The van der Waals surface area contributed by atoms with E-state index in [2.05, 4.69) is 5.32 Å². The number of nitrogens with one attached hydrogen (secondary N) is 1. The zero-order chi connectivity index (χ0) is 10.7. The van der Waals surface area contributed by atoms with Crippen LogP contribution in [0.15, 0.2) is 0 Å². The van der Waals surface area contributed by atoms with E-state index in [4.69, 9.17) is 5.11 Å². The van der Waals surface area contributed by atoms with E-state index in [0.717, 1.165) is 0 Å². The SMILES string of the molecule is CC(=O)N1C[C@H](CC(=O)O)NC[C@@H]1C. The summed E-state index contributed by atoms with van der Waals surface area (Å²) in [6.45, 7) is 4.62. The van der Waals surface area contributed by atoms with Crippen molar-refractivity contribution >= 4 is 11.9 Å². The topological polar surface area (TPSA) is 69.6 Å². The molecule has 0 radical (unpaired) electrons. The molecule has 1 fully saturated rings. The maximum Gasteiger partial charge on any atom is 0.304 e. The lowest BCUT2D eigenvalue weighted by atomic mass is 10.1. The van der Waals surface area contributed by atoms with E-state index in [1.54, 1.807) is 4.90 Å². The Hall–Kier alpha value is -1.10. The molecular formula is C9H16N2O3. The molecule has 1 amide bonds. The van der Waals surface area contributed by atoms with E-state index in [1.807, 2.05) is 6.92 Å². The molecule has 80 valence electrons. The Morgan fingerprint density at radius 1 is 1.57 bits per heavy atom. The highest BCUT2D eigenvalue weighted by Crippen LogP contribution is 2.09. The summed E-state index contributed by atoms with van der Waals surface area (Å²) in [4.78, 5) is 23.4. The zero-order valence-corrected chi connectivity index (χ0v) is 8.49. The van der Waals surface area contributed by atoms with Crippen LogP contribution in [0.1, 0.15) is 20.3 Å². The van der Waals surface area contributed by atoms with Crippen LogP contribution in [-0.4, -0.2) is 47.1 Å². The Balaban J connectivity index is 2.53. The lowest BCUT2D eigenvalue weighted by Gasteiger charge is -2.37. The van der Waals surface area contributed by atoms with Crippen molar-refractivity contribution in [2.75, 3.05) is 13.1 Å². The van der Waals surface area contributed by atoms with Crippen molar-refractivity contribution in [2.24, 2.45) is 0 Å². The van der Waals surface area contributed by atoms with Crippen LogP contribution in [0.25, 0.3) is 0 Å². The summed E-state index contributed by atoms with van der Waals surface area (Å²) in [6.07, 6.45) is 0.0660. The molecule has 1 aliphatic rings. The molecule has 1 rings (SSSR count). The molecule has 0 aliphatic carbocycles. The standard InChI is InChI=1S/C9H16N2O3/c1-6-4-10-8(3-9(13)14)5-11(6)7(2)12/h6,8,10H,3-5H2,1-2H3,(H,13,14)/t6-,8-/m0/s1. The molecule has 2 N–H and O–H groups in total. The maximum absolute atomic E-state index is 11.2. The number of amides is 1. The summed E-state index contributed by atoms with van der Waals surface area (Å²) in [7, 11) is 0. The minimum atomic E-state index is -0.833. The summed E-state index contributed by atoms with van der Waals surface area (Å²) >= 11 is 0. The first-order chi connectivity index (χ1) is 6.50. The number of nitrogens with zero attached hydrogens (tertiary/aromatic N) is 1. The zero-order valence-electron chi connectivity index (χ0n) is 8.49. The van der Waals surface area contributed by atoms with Crippen LogP contribution in [0.5, 0.6) is 0 Å².